The highest BCUT2D eigenvalue weighted by Gasteiger charge is 2.29. The van der Waals surface area contributed by atoms with Crippen LogP contribution in [0.4, 0.5) is 5.69 Å². The predicted molar refractivity (Wildman–Crippen MR) is 94.6 cm³/mol. The van der Waals surface area contributed by atoms with Gasteiger partial charge in [-0.15, -0.1) is 0 Å². The van der Waals surface area contributed by atoms with Gasteiger partial charge in [0.1, 0.15) is 0 Å². The first-order chi connectivity index (χ1) is 11.1. The van der Waals surface area contributed by atoms with Gasteiger partial charge in [-0.25, -0.2) is 0 Å². The second-order valence-corrected chi connectivity index (χ2v) is 6.64. The molecule has 3 rings (SSSR count). The van der Waals surface area contributed by atoms with Gasteiger partial charge in [-0.1, -0.05) is 18.2 Å². The minimum Gasteiger partial charge on any atom is -0.364 e. The predicted octanol–water partition coefficient (Wildman–Crippen LogP) is 3.46. The van der Waals surface area contributed by atoms with Crippen LogP contribution in [0.5, 0.6) is 0 Å². The number of hydrogen-bond acceptors (Lipinski definition) is 3. The number of likely N-dealkylation sites (N-methyl/N-ethyl adjacent to an activating group) is 1. The number of rotatable bonds is 3. The molecule has 1 aromatic carbocycles. The monoisotopic (exact) mass is 311 g/mol. The lowest BCUT2D eigenvalue weighted by Gasteiger charge is -2.40. The summed E-state index contributed by atoms with van der Waals surface area (Å²) >= 11 is 0. The number of fused-ring (bicyclic) bond motifs is 1. The van der Waals surface area contributed by atoms with Crippen molar-refractivity contribution >= 4 is 22.5 Å². The number of likely N-dealkylation sites (tertiary alicyclic amines) is 1. The second kappa shape index (κ2) is 6.57. The average Bonchev–Trinajstić information content (AvgIpc) is 2.54. The quantitative estimate of drug-likeness (QED) is 0.871. The van der Waals surface area contributed by atoms with E-state index in [1.165, 1.54) is 6.42 Å². The standard InChI is InChI=1S/C19H25N3O/c1-14-7-4-8-15(2)22(14)18(23)13-21(3)17-11-5-9-16-10-6-12-20-19(16)17/h5-6,9-12,14-15H,4,7-8,13H2,1-3H3/t14-,15-/m1/s1. The van der Waals surface area contributed by atoms with E-state index in [0.717, 1.165) is 29.4 Å². The average molecular weight is 311 g/mol. The topological polar surface area (TPSA) is 36.4 Å². The van der Waals surface area contributed by atoms with E-state index in [9.17, 15) is 4.79 Å². The maximum Gasteiger partial charge on any atom is 0.242 e. The van der Waals surface area contributed by atoms with E-state index in [-0.39, 0.29) is 5.91 Å². The third kappa shape index (κ3) is 3.16. The lowest BCUT2D eigenvalue weighted by atomic mass is 9.97. The number of para-hydroxylation sites is 1. The molecule has 4 heteroatoms. The zero-order chi connectivity index (χ0) is 16.4. The Hall–Kier alpha value is -2.10. The van der Waals surface area contributed by atoms with Crippen LogP contribution in [0, 0.1) is 0 Å². The Morgan fingerprint density at radius 2 is 1.91 bits per heavy atom. The molecule has 1 aliphatic rings. The van der Waals surface area contributed by atoms with Crippen LogP contribution < -0.4 is 4.90 Å². The van der Waals surface area contributed by atoms with Gasteiger partial charge in [0, 0.05) is 30.7 Å². The van der Waals surface area contributed by atoms with Crippen molar-refractivity contribution in [1.29, 1.82) is 0 Å². The van der Waals surface area contributed by atoms with Gasteiger partial charge in [0.05, 0.1) is 17.7 Å². The summed E-state index contributed by atoms with van der Waals surface area (Å²) in [6, 6.07) is 10.8. The molecule has 1 saturated heterocycles. The van der Waals surface area contributed by atoms with Crippen LogP contribution in [0.15, 0.2) is 36.5 Å². The van der Waals surface area contributed by atoms with Crippen molar-refractivity contribution in [2.75, 3.05) is 18.5 Å². The van der Waals surface area contributed by atoms with Crippen molar-refractivity contribution in [3.8, 4) is 0 Å². The third-order valence-electron chi connectivity index (χ3n) is 4.88. The van der Waals surface area contributed by atoms with Crippen LogP contribution in [0.2, 0.25) is 0 Å². The summed E-state index contributed by atoms with van der Waals surface area (Å²) in [7, 11) is 1.97. The van der Waals surface area contributed by atoms with E-state index < -0.39 is 0 Å². The number of anilines is 1. The van der Waals surface area contributed by atoms with Gasteiger partial charge < -0.3 is 9.80 Å². The fourth-order valence-corrected chi connectivity index (χ4v) is 3.68. The fourth-order valence-electron chi connectivity index (χ4n) is 3.68. The normalized spacial score (nSPS) is 21.4. The summed E-state index contributed by atoms with van der Waals surface area (Å²) in [6.07, 6.45) is 5.23. The van der Waals surface area contributed by atoms with Gasteiger partial charge in [0.2, 0.25) is 5.91 Å². The Morgan fingerprint density at radius 1 is 1.22 bits per heavy atom. The Balaban J connectivity index is 1.80. The van der Waals surface area contributed by atoms with Gasteiger partial charge in [-0.2, -0.15) is 0 Å². The van der Waals surface area contributed by atoms with Crippen LogP contribution in [0.25, 0.3) is 10.9 Å². The largest absolute Gasteiger partial charge is 0.364 e. The highest BCUT2D eigenvalue weighted by Crippen LogP contribution is 2.26. The summed E-state index contributed by atoms with van der Waals surface area (Å²) in [5, 5.41) is 1.10. The Morgan fingerprint density at radius 3 is 2.65 bits per heavy atom. The second-order valence-electron chi connectivity index (χ2n) is 6.64. The van der Waals surface area contributed by atoms with E-state index in [1.807, 2.05) is 30.1 Å². The molecular weight excluding hydrogens is 286 g/mol. The van der Waals surface area contributed by atoms with Crippen LogP contribution in [0.3, 0.4) is 0 Å². The van der Waals surface area contributed by atoms with Crippen molar-refractivity contribution in [3.05, 3.63) is 36.5 Å². The van der Waals surface area contributed by atoms with E-state index in [4.69, 9.17) is 0 Å². The molecule has 1 amide bonds. The lowest BCUT2D eigenvalue weighted by Crippen LogP contribution is -2.50. The zero-order valence-electron chi connectivity index (χ0n) is 14.2. The summed E-state index contributed by atoms with van der Waals surface area (Å²) in [6.45, 7) is 4.71. The van der Waals surface area contributed by atoms with Crippen LogP contribution in [-0.4, -0.2) is 41.5 Å². The van der Waals surface area contributed by atoms with Gasteiger partial charge in [-0.05, 0) is 45.2 Å². The van der Waals surface area contributed by atoms with Crippen molar-refractivity contribution in [2.24, 2.45) is 0 Å². The summed E-state index contributed by atoms with van der Waals surface area (Å²) in [5.74, 6) is 0.208. The number of benzene rings is 1. The number of piperidine rings is 1. The first kappa shape index (κ1) is 15.8. The first-order valence-electron chi connectivity index (χ1n) is 8.44. The molecule has 0 saturated carbocycles. The van der Waals surface area contributed by atoms with Crippen molar-refractivity contribution in [2.45, 2.75) is 45.2 Å². The SMILES string of the molecule is C[C@@H]1CCC[C@@H](C)N1C(=O)CN(C)c1cccc2cccnc12. The van der Waals surface area contributed by atoms with Crippen molar-refractivity contribution in [3.63, 3.8) is 0 Å². The van der Waals surface area contributed by atoms with Crippen LogP contribution in [-0.2, 0) is 4.79 Å². The smallest absolute Gasteiger partial charge is 0.242 e. The van der Waals surface area contributed by atoms with E-state index in [2.05, 4.69) is 35.9 Å². The number of hydrogen-bond donors (Lipinski definition) is 0. The third-order valence-corrected chi connectivity index (χ3v) is 4.88. The molecule has 1 fully saturated rings. The van der Waals surface area contributed by atoms with Crippen LogP contribution >= 0.6 is 0 Å². The molecule has 1 aliphatic heterocycles. The van der Waals surface area contributed by atoms with Crippen molar-refractivity contribution < 1.29 is 4.79 Å². The Bertz CT molecular complexity index is 685. The Kier molecular flexibility index (Phi) is 4.51. The first-order valence-corrected chi connectivity index (χ1v) is 8.44. The number of aromatic nitrogens is 1. The molecule has 4 nitrogen and oxygen atoms in total. The van der Waals surface area contributed by atoms with Gasteiger partial charge in [0.15, 0.2) is 0 Å². The van der Waals surface area contributed by atoms with Crippen molar-refractivity contribution in [1.82, 2.24) is 9.88 Å². The van der Waals surface area contributed by atoms with Gasteiger partial charge >= 0.3 is 0 Å². The summed E-state index contributed by atoms with van der Waals surface area (Å²) in [5.41, 5.74) is 1.96. The summed E-state index contributed by atoms with van der Waals surface area (Å²) in [4.78, 5) is 21.4. The number of carbonyl (C=O) groups excluding carboxylic acids is 1. The molecule has 0 aliphatic carbocycles. The fraction of sp³-hybridized carbons (Fsp3) is 0.474. The molecule has 0 bridgehead atoms. The minimum absolute atomic E-state index is 0.208. The van der Waals surface area contributed by atoms with E-state index in [0.29, 0.717) is 18.6 Å². The molecule has 0 N–H and O–H groups in total. The van der Waals surface area contributed by atoms with Gasteiger partial charge in [0.25, 0.3) is 0 Å². The minimum atomic E-state index is 0.208. The number of amides is 1. The molecule has 0 unspecified atom stereocenters. The lowest BCUT2D eigenvalue weighted by molar-refractivity contribution is -0.135. The molecular formula is C19H25N3O. The highest BCUT2D eigenvalue weighted by molar-refractivity contribution is 5.92. The maximum absolute atomic E-state index is 12.8. The molecule has 2 aromatic rings. The van der Waals surface area contributed by atoms with Gasteiger partial charge in [-0.3, -0.25) is 9.78 Å². The highest BCUT2D eigenvalue weighted by atomic mass is 16.2. The van der Waals surface area contributed by atoms with E-state index in [1.54, 1.807) is 6.20 Å². The molecule has 0 spiro atoms. The maximum atomic E-state index is 12.8. The number of carbonyl (C=O) groups is 1. The summed E-state index contributed by atoms with van der Waals surface area (Å²) < 4.78 is 0. The number of nitrogens with zero attached hydrogens (tertiary/aromatic N) is 3. The molecule has 23 heavy (non-hydrogen) atoms. The molecule has 2 heterocycles. The molecule has 122 valence electrons. The molecule has 1 aromatic heterocycles. The number of pyridine rings is 1. The zero-order valence-corrected chi connectivity index (χ0v) is 14.2. The molecule has 0 radical (unpaired) electrons. The van der Waals surface area contributed by atoms with Crippen LogP contribution in [0.1, 0.15) is 33.1 Å². The van der Waals surface area contributed by atoms with E-state index >= 15 is 0 Å². The Labute approximate surface area is 138 Å². The molecule has 2 atom stereocenters.